The van der Waals surface area contributed by atoms with Crippen molar-refractivity contribution in [2.45, 2.75) is 26.0 Å². The highest BCUT2D eigenvalue weighted by Crippen LogP contribution is 2.19. The minimum absolute atomic E-state index is 0.0120. The van der Waals surface area contributed by atoms with Crippen LogP contribution < -0.4 is 15.8 Å². The summed E-state index contributed by atoms with van der Waals surface area (Å²) >= 11 is 0. The van der Waals surface area contributed by atoms with Gasteiger partial charge in [-0.15, -0.1) is 0 Å². The van der Waals surface area contributed by atoms with E-state index in [9.17, 15) is 0 Å². The van der Waals surface area contributed by atoms with E-state index in [4.69, 9.17) is 10.5 Å². The van der Waals surface area contributed by atoms with E-state index in [1.807, 2.05) is 44.2 Å². The van der Waals surface area contributed by atoms with Crippen molar-refractivity contribution in [2.24, 2.45) is 5.73 Å². The van der Waals surface area contributed by atoms with Crippen molar-refractivity contribution in [3.05, 3.63) is 48.3 Å². The summed E-state index contributed by atoms with van der Waals surface area (Å²) in [5.41, 5.74) is 6.96. The Kier molecular flexibility index (Phi) is 4.90. The number of nitrogens with zero attached hydrogens (tertiary/aromatic N) is 2. The Labute approximate surface area is 119 Å². The van der Waals surface area contributed by atoms with Gasteiger partial charge in [-0.2, -0.15) is 0 Å². The van der Waals surface area contributed by atoms with Gasteiger partial charge < -0.3 is 15.8 Å². The first-order chi connectivity index (χ1) is 9.69. The lowest BCUT2D eigenvalue weighted by atomic mass is 10.1. The van der Waals surface area contributed by atoms with Crippen LogP contribution in [0.1, 0.15) is 25.5 Å². The monoisotopic (exact) mass is 272 g/mol. The zero-order valence-corrected chi connectivity index (χ0v) is 11.8. The third-order valence-electron chi connectivity index (χ3n) is 2.76. The summed E-state index contributed by atoms with van der Waals surface area (Å²) in [6.07, 6.45) is 1.57. The first-order valence-electron chi connectivity index (χ1n) is 6.69. The van der Waals surface area contributed by atoms with Gasteiger partial charge in [-0.1, -0.05) is 30.3 Å². The maximum absolute atomic E-state index is 5.83. The number of anilines is 1. The molecule has 0 amide bonds. The van der Waals surface area contributed by atoms with Crippen LogP contribution in [0.3, 0.4) is 0 Å². The molecule has 1 aromatic carbocycles. The number of hydrogen-bond acceptors (Lipinski definition) is 5. The second kappa shape index (κ2) is 6.86. The summed E-state index contributed by atoms with van der Waals surface area (Å²) in [7, 11) is 0. The molecule has 0 aliphatic rings. The topological polar surface area (TPSA) is 73.1 Å². The highest BCUT2D eigenvalue weighted by atomic mass is 16.5. The Morgan fingerprint density at radius 2 is 1.95 bits per heavy atom. The van der Waals surface area contributed by atoms with E-state index in [-0.39, 0.29) is 12.1 Å². The molecule has 3 N–H and O–H groups in total. The van der Waals surface area contributed by atoms with Gasteiger partial charge in [0.1, 0.15) is 12.1 Å². The highest BCUT2D eigenvalue weighted by molar-refractivity contribution is 5.40. The van der Waals surface area contributed by atoms with E-state index in [2.05, 4.69) is 15.3 Å². The van der Waals surface area contributed by atoms with E-state index < -0.39 is 0 Å². The Bertz CT molecular complexity index is 530. The molecule has 1 aromatic heterocycles. The number of ether oxygens (including phenoxy) is 1. The van der Waals surface area contributed by atoms with Crippen LogP contribution in [0.2, 0.25) is 0 Å². The van der Waals surface area contributed by atoms with Crippen molar-refractivity contribution >= 4 is 5.82 Å². The van der Waals surface area contributed by atoms with Gasteiger partial charge >= 0.3 is 0 Å². The van der Waals surface area contributed by atoms with Gasteiger partial charge in [0.25, 0.3) is 0 Å². The van der Waals surface area contributed by atoms with Gasteiger partial charge in [-0.05, 0) is 19.4 Å². The van der Waals surface area contributed by atoms with E-state index in [0.29, 0.717) is 18.2 Å². The van der Waals surface area contributed by atoms with Crippen LogP contribution in [-0.4, -0.2) is 22.6 Å². The lowest BCUT2D eigenvalue weighted by Gasteiger charge is -2.18. The molecule has 0 fully saturated rings. The molecule has 0 aliphatic carbocycles. The van der Waals surface area contributed by atoms with E-state index in [1.54, 1.807) is 6.07 Å². The molecular weight excluding hydrogens is 252 g/mol. The van der Waals surface area contributed by atoms with Gasteiger partial charge in [-0.3, -0.25) is 0 Å². The number of hydrogen-bond donors (Lipinski definition) is 2. The Balaban J connectivity index is 2.12. The Hall–Kier alpha value is -2.14. The van der Waals surface area contributed by atoms with E-state index in [1.165, 1.54) is 6.33 Å². The van der Waals surface area contributed by atoms with Crippen molar-refractivity contribution in [1.29, 1.82) is 0 Å². The number of aromatic nitrogens is 2. The Morgan fingerprint density at radius 1 is 1.20 bits per heavy atom. The number of benzene rings is 1. The zero-order chi connectivity index (χ0) is 14.4. The van der Waals surface area contributed by atoms with E-state index >= 15 is 0 Å². The average molecular weight is 272 g/mol. The molecule has 0 saturated heterocycles. The van der Waals surface area contributed by atoms with Crippen LogP contribution in [0.4, 0.5) is 5.82 Å². The van der Waals surface area contributed by atoms with Crippen molar-refractivity contribution in [3.63, 3.8) is 0 Å². The maximum Gasteiger partial charge on any atom is 0.218 e. The lowest BCUT2D eigenvalue weighted by molar-refractivity contribution is 0.232. The fourth-order valence-electron chi connectivity index (χ4n) is 1.87. The van der Waals surface area contributed by atoms with Gasteiger partial charge in [0.05, 0.1) is 12.1 Å². The fourth-order valence-corrected chi connectivity index (χ4v) is 1.87. The van der Waals surface area contributed by atoms with Gasteiger partial charge in [0.2, 0.25) is 5.88 Å². The molecule has 2 rings (SSSR count). The molecule has 2 aromatic rings. The predicted molar refractivity (Wildman–Crippen MR) is 79.7 cm³/mol. The van der Waals surface area contributed by atoms with Crippen LogP contribution in [0.15, 0.2) is 42.7 Å². The largest absolute Gasteiger partial charge is 0.475 e. The van der Waals surface area contributed by atoms with Crippen molar-refractivity contribution in [1.82, 2.24) is 9.97 Å². The van der Waals surface area contributed by atoms with Crippen molar-refractivity contribution < 1.29 is 4.74 Å². The first kappa shape index (κ1) is 14.3. The zero-order valence-electron chi connectivity index (χ0n) is 11.8. The molecular formula is C15H20N4O. The van der Waals surface area contributed by atoms with Crippen LogP contribution in [-0.2, 0) is 0 Å². The summed E-state index contributed by atoms with van der Waals surface area (Å²) in [6.45, 7) is 4.40. The minimum atomic E-state index is 0.0120. The molecule has 106 valence electrons. The fraction of sp³-hybridized carbons (Fsp3) is 0.333. The molecule has 0 aliphatic heterocycles. The second-order valence-electron chi connectivity index (χ2n) is 4.75. The molecule has 0 spiro atoms. The SMILES string of the molecule is CC(C)Oc1cc(NC(CN)c2ccccc2)ncn1. The predicted octanol–water partition coefficient (Wildman–Crippen LogP) is 2.38. The minimum Gasteiger partial charge on any atom is -0.475 e. The number of nitrogens with one attached hydrogen (secondary N) is 1. The third-order valence-corrected chi connectivity index (χ3v) is 2.76. The summed E-state index contributed by atoms with van der Waals surface area (Å²) in [4.78, 5) is 8.28. The standard InChI is InChI=1S/C15H20N4O/c1-11(2)20-15-8-14(17-10-18-15)19-13(9-16)12-6-4-3-5-7-12/h3-8,10-11,13H,9,16H2,1-2H3,(H,17,18,19). The van der Waals surface area contributed by atoms with Gasteiger partial charge in [-0.25, -0.2) is 9.97 Å². The smallest absolute Gasteiger partial charge is 0.218 e. The van der Waals surface area contributed by atoms with Gasteiger partial charge in [0.15, 0.2) is 0 Å². The molecule has 1 unspecified atom stereocenters. The molecule has 0 radical (unpaired) electrons. The highest BCUT2D eigenvalue weighted by Gasteiger charge is 2.10. The molecule has 20 heavy (non-hydrogen) atoms. The van der Waals surface area contributed by atoms with Crippen LogP contribution in [0.25, 0.3) is 0 Å². The normalized spacial score (nSPS) is 12.2. The average Bonchev–Trinajstić information content (AvgIpc) is 2.45. The van der Waals surface area contributed by atoms with Crippen molar-refractivity contribution in [2.75, 3.05) is 11.9 Å². The first-order valence-corrected chi connectivity index (χ1v) is 6.69. The summed E-state index contributed by atoms with van der Waals surface area (Å²) in [5.74, 6) is 1.26. The molecule has 1 heterocycles. The lowest BCUT2D eigenvalue weighted by Crippen LogP contribution is -2.21. The second-order valence-corrected chi connectivity index (χ2v) is 4.75. The van der Waals surface area contributed by atoms with E-state index in [0.717, 1.165) is 5.56 Å². The molecule has 0 bridgehead atoms. The maximum atomic E-state index is 5.83. The number of rotatable bonds is 6. The third kappa shape index (κ3) is 3.93. The molecule has 0 saturated carbocycles. The van der Waals surface area contributed by atoms with Crippen LogP contribution >= 0.6 is 0 Å². The summed E-state index contributed by atoms with van der Waals surface area (Å²) < 4.78 is 5.55. The molecule has 5 heteroatoms. The number of nitrogens with two attached hydrogens (primary N) is 1. The molecule has 1 atom stereocenters. The van der Waals surface area contributed by atoms with Crippen LogP contribution in [0.5, 0.6) is 5.88 Å². The van der Waals surface area contributed by atoms with Gasteiger partial charge in [0, 0.05) is 12.6 Å². The summed E-state index contributed by atoms with van der Waals surface area (Å²) in [6, 6.07) is 11.8. The van der Waals surface area contributed by atoms with Crippen LogP contribution in [0, 0.1) is 0 Å². The Morgan fingerprint density at radius 3 is 2.60 bits per heavy atom. The van der Waals surface area contributed by atoms with Crippen molar-refractivity contribution in [3.8, 4) is 5.88 Å². The summed E-state index contributed by atoms with van der Waals surface area (Å²) in [5, 5.41) is 3.30. The quantitative estimate of drug-likeness (QED) is 0.844. The molecule has 5 nitrogen and oxygen atoms in total.